The molecule has 0 spiro atoms. The molecule has 8 heteroatoms. The van der Waals surface area contributed by atoms with E-state index in [0.29, 0.717) is 30.2 Å². The Morgan fingerprint density at radius 3 is 2.77 bits per heavy atom. The van der Waals surface area contributed by atoms with Gasteiger partial charge in [-0.3, -0.25) is 14.2 Å². The summed E-state index contributed by atoms with van der Waals surface area (Å²) in [6, 6.07) is 4.63. The first-order valence-electron chi connectivity index (χ1n) is 8.43. The maximum atomic E-state index is 13.3. The van der Waals surface area contributed by atoms with E-state index in [0.717, 1.165) is 0 Å². The average Bonchev–Trinajstić information content (AvgIpc) is 3.03. The van der Waals surface area contributed by atoms with Crippen molar-refractivity contribution < 1.29 is 14.3 Å². The Labute approximate surface area is 150 Å². The third-order valence-corrected chi connectivity index (χ3v) is 4.46. The van der Waals surface area contributed by atoms with E-state index < -0.39 is 17.2 Å². The molecule has 1 aromatic heterocycles. The fourth-order valence-electron chi connectivity index (χ4n) is 2.99. The predicted molar refractivity (Wildman–Crippen MR) is 95.0 cm³/mol. The molecule has 1 aliphatic heterocycles. The van der Waals surface area contributed by atoms with Crippen LogP contribution in [0, 0.1) is 12.7 Å². The Balaban J connectivity index is 1.85. The van der Waals surface area contributed by atoms with Crippen molar-refractivity contribution in [1.82, 2.24) is 14.9 Å². The molecule has 0 atom stereocenters. The highest BCUT2D eigenvalue weighted by molar-refractivity contribution is 5.95. The zero-order valence-corrected chi connectivity index (χ0v) is 14.9. The van der Waals surface area contributed by atoms with Crippen molar-refractivity contribution in [2.45, 2.75) is 39.9 Å². The van der Waals surface area contributed by atoms with Crippen LogP contribution in [0.25, 0.3) is 0 Å². The maximum absolute atomic E-state index is 13.3. The lowest BCUT2D eigenvalue weighted by Crippen LogP contribution is -2.32. The third-order valence-electron chi connectivity index (χ3n) is 4.46. The molecule has 26 heavy (non-hydrogen) atoms. The quantitative estimate of drug-likeness (QED) is 0.864. The second-order valence-electron chi connectivity index (χ2n) is 6.62. The molecule has 138 valence electrons. The number of anilines is 1. The average molecular weight is 360 g/mol. The molecule has 0 radical (unpaired) electrons. The summed E-state index contributed by atoms with van der Waals surface area (Å²) in [5.41, 5.74) is 0.257. The summed E-state index contributed by atoms with van der Waals surface area (Å²) in [5, 5.41) is 12.7. The summed E-state index contributed by atoms with van der Waals surface area (Å²) >= 11 is 0. The second kappa shape index (κ2) is 6.78. The molecule has 0 fully saturated rings. The number of benzene rings is 1. The molecule has 0 saturated heterocycles. The minimum absolute atomic E-state index is 0.110. The van der Waals surface area contributed by atoms with Gasteiger partial charge >= 0.3 is 0 Å². The van der Waals surface area contributed by atoms with Gasteiger partial charge in [0.1, 0.15) is 5.82 Å². The molecule has 0 bridgehead atoms. The molecule has 1 aliphatic rings. The van der Waals surface area contributed by atoms with Crippen molar-refractivity contribution in [2.24, 2.45) is 0 Å². The van der Waals surface area contributed by atoms with Gasteiger partial charge in [-0.25, -0.2) is 9.37 Å². The standard InChI is InChI=1S/C18H21FN4O3/c1-10(2)22-6-7-23-17(26)15(24)14(21-18(22)23)16(25)20-9-12-4-5-13(19)11(3)8-12/h4-5,8,10,24H,6-7,9H2,1-3H3,(H,20,25). The minimum Gasteiger partial charge on any atom is -0.501 e. The lowest BCUT2D eigenvalue weighted by molar-refractivity contribution is 0.0942. The van der Waals surface area contributed by atoms with Crippen molar-refractivity contribution in [3.63, 3.8) is 0 Å². The molecule has 2 aromatic rings. The minimum atomic E-state index is -0.660. The highest BCUT2D eigenvalue weighted by Gasteiger charge is 2.29. The smallest absolute Gasteiger partial charge is 0.298 e. The molecule has 1 aromatic carbocycles. The number of aromatic nitrogens is 2. The van der Waals surface area contributed by atoms with Crippen LogP contribution in [-0.4, -0.2) is 33.2 Å². The topological polar surface area (TPSA) is 87.5 Å². The normalized spacial score (nSPS) is 13.2. The highest BCUT2D eigenvalue weighted by Crippen LogP contribution is 2.22. The van der Waals surface area contributed by atoms with Crippen molar-refractivity contribution >= 4 is 11.9 Å². The van der Waals surface area contributed by atoms with Crippen LogP contribution in [0.4, 0.5) is 10.3 Å². The first-order valence-corrected chi connectivity index (χ1v) is 8.43. The lowest BCUT2D eigenvalue weighted by atomic mass is 10.1. The zero-order chi connectivity index (χ0) is 19.0. The van der Waals surface area contributed by atoms with Crippen LogP contribution in [0.3, 0.4) is 0 Å². The maximum Gasteiger partial charge on any atom is 0.298 e. The number of amides is 1. The van der Waals surface area contributed by atoms with Gasteiger partial charge in [0.2, 0.25) is 11.7 Å². The van der Waals surface area contributed by atoms with Gasteiger partial charge in [0.05, 0.1) is 0 Å². The molecular weight excluding hydrogens is 339 g/mol. The number of fused-ring (bicyclic) bond motifs is 1. The molecule has 7 nitrogen and oxygen atoms in total. The van der Waals surface area contributed by atoms with Crippen LogP contribution in [0.1, 0.15) is 35.5 Å². The number of rotatable bonds is 4. The van der Waals surface area contributed by atoms with Crippen molar-refractivity contribution in [1.29, 1.82) is 0 Å². The first kappa shape index (κ1) is 17.9. The van der Waals surface area contributed by atoms with Crippen LogP contribution in [0.5, 0.6) is 5.75 Å². The fourth-order valence-corrected chi connectivity index (χ4v) is 2.99. The fraction of sp³-hybridized carbons (Fsp3) is 0.389. The number of hydrogen-bond acceptors (Lipinski definition) is 5. The lowest BCUT2D eigenvalue weighted by Gasteiger charge is -2.21. The number of carbonyl (C=O) groups excluding carboxylic acids is 1. The van der Waals surface area contributed by atoms with Gasteiger partial charge in [-0.2, -0.15) is 0 Å². The van der Waals surface area contributed by atoms with Gasteiger partial charge in [0.15, 0.2) is 5.69 Å². The summed E-state index contributed by atoms with van der Waals surface area (Å²) in [5.74, 6) is -1.25. The van der Waals surface area contributed by atoms with Crippen molar-refractivity contribution in [3.8, 4) is 5.75 Å². The number of halogens is 1. The van der Waals surface area contributed by atoms with Crippen LogP contribution in [0.15, 0.2) is 23.0 Å². The molecule has 0 saturated carbocycles. The van der Waals surface area contributed by atoms with E-state index in [2.05, 4.69) is 10.3 Å². The Morgan fingerprint density at radius 2 is 2.12 bits per heavy atom. The van der Waals surface area contributed by atoms with Gasteiger partial charge in [-0.1, -0.05) is 12.1 Å². The summed E-state index contributed by atoms with van der Waals surface area (Å²) < 4.78 is 14.7. The van der Waals surface area contributed by atoms with Crippen LogP contribution >= 0.6 is 0 Å². The monoisotopic (exact) mass is 360 g/mol. The van der Waals surface area contributed by atoms with E-state index in [-0.39, 0.29) is 24.1 Å². The zero-order valence-electron chi connectivity index (χ0n) is 14.9. The van der Waals surface area contributed by atoms with Gasteiger partial charge < -0.3 is 15.3 Å². The Kier molecular flexibility index (Phi) is 4.67. The van der Waals surface area contributed by atoms with E-state index in [1.54, 1.807) is 19.1 Å². The van der Waals surface area contributed by atoms with Gasteiger partial charge in [-0.15, -0.1) is 0 Å². The summed E-state index contributed by atoms with van der Waals surface area (Å²) in [7, 11) is 0. The molecule has 2 N–H and O–H groups in total. The Hall–Kier alpha value is -2.90. The Morgan fingerprint density at radius 1 is 1.38 bits per heavy atom. The van der Waals surface area contributed by atoms with Crippen LogP contribution in [0.2, 0.25) is 0 Å². The van der Waals surface area contributed by atoms with Gasteiger partial charge in [0.25, 0.3) is 11.5 Å². The number of nitrogens with one attached hydrogen (secondary N) is 1. The molecule has 3 rings (SSSR count). The van der Waals surface area contributed by atoms with E-state index in [1.165, 1.54) is 10.6 Å². The number of nitrogens with zero attached hydrogens (tertiary/aromatic N) is 3. The summed E-state index contributed by atoms with van der Waals surface area (Å²) in [6.07, 6.45) is 0. The molecular formula is C18H21FN4O3. The van der Waals surface area contributed by atoms with Crippen LogP contribution in [-0.2, 0) is 13.1 Å². The second-order valence-corrected chi connectivity index (χ2v) is 6.62. The number of hydrogen-bond donors (Lipinski definition) is 2. The van der Waals surface area contributed by atoms with Gasteiger partial charge in [0, 0.05) is 25.7 Å². The number of aryl methyl sites for hydroxylation is 1. The number of carbonyl (C=O) groups is 1. The van der Waals surface area contributed by atoms with E-state index in [4.69, 9.17) is 0 Å². The van der Waals surface area contributed by atoms with Crippen LogP contribution < -0.4 is 15.8 Å². The summed E-state index contributed by atoms with van der Waals surface area (Å²) in [6.45, 7) is 6.71. The predicted octanol–water partition coefficient (Wildman–Crippen LogP) is 1.55. The molecule has 0 unspecified atom stereocenters. The van der Waals surface area contributed by atoms with Crippen molar-refractivity contribution in [2.75, 3.05) is 11.4 Å². The number of aromatic hydroxyl groups is 1. The summed E-state index contributed by atoms with van der Waals surface area (Å²) in [4.78, 5) is 30.9. The molecule has 0 aliphatic carbocycles. The Bertz CT molecular complexity index is 923. The van der Waals surface area contributed by atoms with Crippen molar-refractivity contribution in [3.05, 3.63) is 51.2 Å². The largest absolute Gasteiger partial charge is 0.501 e. The molecule has 1 amide bonds. The van der Waals surface area contributed by atoms with E-state index >= 15 is 0 Å². The SMILES string of the molecule is Cc1cc(CNC(=O)c2nc3n(c(=O)c2O)CCN3C(C)C)ccc1F. The molecule has 2 heterocycles. The highest BCUT2D eigenvalue weighted by atomic mass is 19.1. The van der Waals surface area contributed by atoms with Gasteiger partial charge in [-0.05, 0) is 38.0 Å². The third kappa shape index (κ3) is 3.14. The first-order chi connectivity index (χ1) is 12.3. The van der Waals surface area contributed by atoms with E-state index in [9.17, 15) is 19.1 Å². The van der Waals surface area contributed by atoms with E-state index in [1.807, 2.05) is 18.7 Å².